The molecule has 0 bridgehead atoms. The van der Waals surface area contributed by atoms with E-state index in [4.69, 9.17) is 14.4 Å². The van der Waals surface area contributed by atoms with Gasteiger partial charge in [0, 0.05) is 55.2 Å². The third-order valence-corrected chi connectivity index (χ3v) is 11.0. The molecule has 1 fully saturated rings. The summed E-state index contributed by atoms with van der Waals surface area (Å²) in [6.07, 6.45) is 1.12. The highest BCUT2D eigenvalue weighted by Gasteiger charge is 2.35. The number of aromatic nitrogens is 3. The molecule has 51 heavy (non-hydrogen) atoms. The number of carbonyl (C=O) groups excluding carboxylic acids is 1. The van der Waals surface area contributed by atoms with Crippen LogP contribution in [0.15, 0.2) is 77.2 Å². The lowest BCUT2D eigenvalue weighted by molar-refractivity contribution is 0.0220. The zero-order chi connectivity index (χ0) is 36.0. The van der Waals surface area contributed by atoms with Crippen molar-refractivity contribution in [2.24, 2.45) is 5.41 Å². The minimum Gasteiger partial charge on any atom is -0.455 e. The normalized spacial score (nSPS) is 14.8. The number of hydrogen-bond donors (Lipinski definition) is 1. The van der Waals surface area contributed by atoms with Crippen molar-refractivity contribution >= 4 is 60.0 Å². The van der Waals surface area contributed by atoms with E-state index in [9.17, 15) is 13.2 Å². The summed E-state index contributed by atoms with van der Waals surface area (Å²) in [4.78, 5) is 25.9. The molecule has 5 heterocycles. The molecule has 1 aliphatic rings. The van der Waals surface area contributed by atoms with E-state index in [-0.39, 0.29) is 17.1 Å². The van der Waals surface area contributed by atoms with E-state index in [0.29, 0.717) is 78.8 Å². The van der Waals surface area contributed by atoms with Crippen LogP contribution in [-0.4, -0.2) is 67.0 Å². The van der Waals surface area contributed by atoms with Crippen molar-refractivity contribution < 1.29 is 22.0 Å². The summed E-state index contributed by atoms with van der Waals surface area (Å²) in [6.45, 7) is 8.88. The maximum Gasteiger partial charge on any atom is 0.255 e. The number of nitrogens with one attached hydrogen (secondary N) is 1. The number of likely N-dealkylation sites (tertiary alicyclic amines) is 1. The standard InChI is InChI=1S/C39H37FN6O4S/c1-22-10-12-23(13-11-22)37-35(38(47)41-4)26-16-25(31(18-33(26)50-37)44(5)51(6,48)49)28-14-15-29-36(43-28)32-17-24-27(40)8-7-9-30(24)46(32)34(42-29)19-45-20-39(2,3)21-45/h7-18H,19-21H2,1-6H3,(H,41,47). The first-order valence-electron chi connectivity index (χ1n) is 16.7. The molecule has 1 aliphatic heterocycles. The SMILES string of the molecule is CNC(=O)c1c(-c2ccc(C)cc2)oc2cc(N(C)S(C)(=O)=O)c(-c3ccc4nc(CN5CC(C)(C)C5)n5c6cccc(F)c6cc5c4n3)cc12. The second-order valence-electron chi connectivity index (χ2n) is 14.3. The summed E-state index contributed by atoms with van der Waals surface area (Å²) in [7, 11) is -0.715. The number of fused-ring (bicyclic) bond motifs is 6. The van der Waals surface area contributed by atoms with E-state index >= 15 is 4.39 Å². The van der Waals surface area contributed by atoms with Crippen molar-refractivity contribution in [2.45, 2.75) is 27.3 Å². The molecule has 12 heteroatoms. The van der Waals surface area contributed by atoms with Crippen LogP contribution in [0.4, 0.5) is 10.1 Å². The maximum absolute atomic E-state index is 15.3. The lowest BCUT2D eigenvalue weighted by Crippen LogP contribution is -2.52. The summed E-state index contributed by atoms with van der Waals surface area (Å²) in [5.41, 5.74) is 6.41. The second-order valence-corrected chi connectivity index (χ2v) is 16.3. The van der Waals surface area contributed by atoms with E-state index in [2.05, 4.69) is 24.1 Å². The minimum atomic E-state index is -3.74. The number of benzene rings is 3. The number of pyridine rings is 1. The zero-order valence-electron chi connectivity index (χ0n) is 29.2. The quantitative estimate of drug-likeness (QED) is 0.187. The molecule has 3 aromatic carbocycles. The van der Waals surface area contributed by atoms with Gasteiger partial charge in [0.2, 0.25) is 10.0 Å². The number of halogens is 1. The Labute approximate surface area is 294 Å². The van der Waals surface area contributed by atoms with E-state index < -0.39 is 10.0 Å². The number of aryl methyl sites for hydroxylation is 1. The van der Waals surface area contributed by atoms with Gasteiger partial charge < -0.3 is 9.73 Å². The number of carbonyl (C=O) groups is 1. The highest BCUT2D eigenvalue weighted by Crippen LogP contribution is 2.42. The van der Waals surface area contributed by atoms with Crippen LogP contribution in [0.1, 0.15) is 35.6 Å². The van der Waals surface area contributed by atoms with Crippen molar-refractivity contribution in [1.29, 1.82) is 0 Å². The Morgan fingerprint density at radius 1 is 1.00 bits per heavy atom. The molecule has 0 atom stereocenters. The maximum atomic E-state index is 15.3. The number of rotatable bonds is 7. The number of sulfonamides is 1. The van der Waals surface area contributed by atoms with E-state index in [1.54, 1.807) is 37.4 Å². The number of furan rings is 1. The highest BCUT2D eigenvalue weighted by molar-refractivity contribution is 7.92. The zero-order valence-corrected chi connectivity index (χ0v) is 30.0. The van der Waals surface area contributed by atoms with Gasteiger partial charge in [-0.1, -0.05) is 49.7 Å². The Morgan fingerprint density at radius 3 is 2.43 bits per heavy atom. The molecule has 1 N–H and O–H groups in total. The van der Waals surface area contributed by atoms with Gasteiger partial charge in [-0.25, -0.2) is 22.8 Å². The third kappa shape index (κ3) is 5.49. The van der Waals surface area contributed by atoms with E-state index in [1.165, 1.54) is 17.4 Å². The van der Waals surface area contributed by atoms with Crippen molar-refractivity contribution in [3.8, 4) is 22.6 Å². The average Bonchev–Trinajstić information content (AvgIpc) is 3.66. The summed E-state index contributed by atoms with van der Waals surface area (Å²) >= 11 is 0. The van der Waals surface area contributed by atoms with Crippen molar-refractivity contribution in [2.75, 3.05) is 37.7 Å². The summed E-state index contributed by atoms with van der Waals surface area (Å²) in [5.74, 6) is 0.452. The van der Waals surface area contributed by atoms with Crippen molar-refractivity contribution in [3.63, 3.8) is 0 Å². The third-order valence-electron chi connectivity index (χ3n) is 9.77. The topological polar surface area (TPSA) is 113 Å². The van der Waals surface area contributed by atoms with Crippen LogP contribution in [0.5, 0.6) is 0 Å². The van der Waals surface area contributed by atoms with Gasteiger partial charge in [-0.15, -0.1) is 0 Å². The molecular weight excluding hydrogens is 668 g/mol. The molecule has 0 unspecified atom stereocenters. The smallest absolute Gasteiger partial charge is 0.255 e. The first-order chi connectivity index (χ1) is 24.2. The van der Waals surface area contributed by atoms with Gasteiger partial charge in [-0.05, 0) is 48.7 Å². The van der Waals surface area contributed by atoms with Gasteiger partial charge in [0.1, 0.15) is 28.5 Å². The van der Waals surface area contributed by atoms with Crippen LogP contribution < -0.4 is 9.62 Å². The fraction of sp³-hybridized carbons (Fsp3) is 0.256. The van der Waals surface area contributed by atoms with Crippen LogP contribution in [0, 0.1) is 18.2 Å². The Balaban J connectivity index is 1.39. The first kappa shape index (κ1) is 32.9. The minimum absolute atomic E-state index is 0.225. The molecule has 4 aromatic heterocycles. The Bertz CT molecular complexity index is 2670. The number of nitrogens with zero attached hydrogens (tertiary/aromatic N) is 5. The second kappa shape index (κ2) is 11.6. The van der Waals surface area contributed by atoms with Gasteiger partial charge in [-0.3, -0.25) is 18.4 Å². The molecule has 0 aliphatic carbocycles. The summed E-state index contributed by atoms with van der Waals surface area (Å²) in [5, 5.41) is 3.69. The number of hydrogen-bond acceptors (Lipinski definition) is 7. The van der Waals surface area contributed by atoms with Gasteiger partial charge >= 0.3 is 0 Å². The first-order valence-corrected chi connectivity index (χ1v) is 18.5. The van der Waals surface area contributed by atoms with E-state index in [1.807, 2.05) is 47.7 Å². The molecule has 260 valence electrons. The Morgan fingerprint density at radius 2 is 1.75 bits per heavy atom. The fourth-order valence-electron chi connectivity index (χ4n) is 7.33. The van der Waals surface area contributed by atoms with Crippen LogP contribution >= 0.6 is 0 Å². The van der Waals surface area contributed by atoms with Crippen LogP contribution in [0.3, 0.4) is 0 Å². The molecule has 0 radical (unpaired) electrons. The lowest BCUT2D eigenvalue weighted by Gasteiger charge is -2.45. The molecular formula is C39H37FN6O4S. The molecule has 0 saturated carbocycles. The summed E-state index contributed by atoms with van der Waals surface area (Å²) in [6, 6.07) is 21.5. The molecule has 8 rings (SSSR count). The largest absolute Gasteiger partial charge is 0.455 e. The van der Waals surface area contributed by atoms with Crippen LogP contribution in [0.25, 0.3) is 61.0 Å². The predicted octanol–water partition coefficient (Wildman–Crippen LogP) is 7.16. The van der Waals surface area contributed by atoms with Gasteiger partial charge in [0.25, 0.3) is 5.91 Å². The monoisotopic (exact) mass is 704 g/mol. The summed E-state index contributed by atoms with van der Waals surface area (Å²) < 4.78 is 50.7. The number of amides is 1. The Kier molecular flexibility index (Phi) is 7.48. The fourth-order valence-corrected chi connectivity index (χ4v) is 7.84. The molecule has 10 nitrogen and oxygen atoms in total. The lowest BCUT2D eigenvalue weighted by atomic mass is 9.84. The van der Waals surface area contributed by atoms with Crippen LogP contribution in [0.2, 0.25) is 0 Å². The molecule has 0 spiro atoms. The molecule has 1 amide bonds. The van der Waals surface area contributed by atoms with Crippen molar-refractivity contribution in [3.05, 3.63) is 95.6 Å². The molecule has 1 saturated heterocycles. The highest BCUT2D eigenvalue weighted by atomic mass is 32.2. The number of anilines is 1. The van der Waals surface area contributed by atoms with E-state index in [0.717, 1.165) is 30.7 Å². The van der Waals surface area contributed by atoms with Gasteiger partial charge in [-0.2, -0.15) is 0 Å². The molecule has 7 aromatic rings. The van der Waals surface area contributed by atoms with Gasteiger partial charge in [0.05, 0.1) is 46.3 Å². The van der Waals surface area contributed by atoms with Crippen LogP contribution in [-0.2, 0) is 16.6 Å². The van der Waals surface area contributed by atoms with Gasteiger partial charge in [0.15, 0.2) is 0 Å². The predicted molar refractivity (Wildman–Crippen MR) is 199 cm³/mol. The Hall–Kier alpha value is -5.33. The van der Waals surface area contributed by atoms with Crippen molar-refractivity contribution in [1.82, 2.24) is 24.6 Å². The average molecular weight is 705 g/mol.